The smallest absolute Gasteiger partial charge is 0.290 e. The summed E-state index contributed by atoms with van der Waals surface area (Å²) in [6, 6.07) is 14.4. The summed E-state index contributed by atoms with van der Waals surface area (Å²) in [5, 5.41) is 0.506. The Balaban J connectivity index is 1.86. The van der Waals surface area contributed by atoms with Gasteiger partial charge in [0.25, 0.3) is 5.91 Å². The molecule has 1 aromatic heterocycles. The van der Waals surface area contributed by atoms with Crippen LogP contribution in [-0.4, -0.2) is 42.9 Å². The number of hydrogen-bond acceptors (Lipinski definition) is 4. The molecule has 6 heteroatoms. The van der Waals surface area contributed by atoms with E-state index < -0.39 is 6.04 Å². The van der Waals surface area contributed by atoms with Gasteiger partial charge in [-0.2, -0.15) is 0 Å². The van der Waals surface area contributed by atoms with Gasteiger partial charge in [0.2, 0.25) is 5.76 Å². The number of carbonyl (C=O) groups excluding carboxylic acids is 1. The molecule has 0 spiro atoms. The molecule has 3 aromatic rings. The first-order valence-corrected chi connectivity index (χ1v) is 10.0. The van der Waals surface area contributed by atoms with Gasteiger partial charge in [0, 0.05) is 11.0 Å². The summed E-state index contributed by atoms with van der Waals surface area (Å²) in [4.78, 5) is 30.3. The van der Waals surface area contributed by atoms with Gasteiger partial charge < -0.3 is 14.2 Å². The molecule has 2 heterocycles. The summed E-state index contributed by atoms with van der Waals surface area (Å²) >= 11 is 3.45. The summed E-state index contributed by atoms with van der Waals surface area (Å²) in [5.74, 6) is -0.0500. The SMILES string of the molecule is CN(C)CCCN1C(=O)c2oc3ccccc3c(=O)c2[C@H]1c1ccc(Br)cc1. The van der Waals surface area contributed by atoms with Gasteiger partial charge >= 0.3 is 0 Å². The first kappa shape index (κ1) is 18.9. The number of hydrogen-bond donors (Lipinski definition) is 0. The maximum atomic E-state index is 13.3. The number of carbonyl (C=O) groups is 1. The second kappa shape index (κ2) is 7.53. The van der Waals surface area contributed by atoms with E-state index in [0.29, 0.717) is 23.1 Å². The average Bonchev–Trinajstić information content (AvgIpc) is 2.95. The van der Waals surface area contributed by atoms with Crippen molar-refractivity contribution >= 4 is 32.8 Å². The first-order valence-electron chi connectivity index (χ1n) is 9.24. The van der Waals surface area contributed by atoms with E-state index in [2.05, 4.69) is 20.8 Å². The number of para-hydroxylation sites is 1. The third-order valence-electron chi connectivity index (χ3n) is 5.06. The van der Waals surface area contributed by atoms with Crippen LogP contribution in [0.1, 0.15) is 34.1 Å². The first-order chi connectivity index (χ1) is 13.5. The van der Waals surface area contributed by atoms with Crippen LogP contribution in [0.25, 0.3) is 11.0 Å². The van der Waals surface area contributed by atoms with Crippen molar-refractivity contribution in [3.8, 4) is 0 Å². The molecule has 0 aliphatic carbocycles. The zero-order chi connectivity index (χ0) is 19.8. The second-order valence-electron chi connectivity index (χ2n) is 7.28. The standard InChI is InChI=1S/C22H21BrN2O3/c1-24(2)12-5-13-25-19(14-8-10-15(23)11-9-14)18-20(26)16-6-3-4-7-17(16)28-21(18)22(25)27/h3-4,6-11,19H,5,12-13H2,1-2H3/t19-/m1/s1. The number of benzene rings is 2. The Bertz CT molecular complexity index is 1090. The average molecular weight is 441 g/mol. The number of rotatable bonds is 5. The summed E-state index contributed by atoms with van der Waals surface area (Å²) in [5.41, 5.74) is 1.66. The molecular formula is C22H21BrN2O3. The van der Waals surface area contributed by atoms with Crippen LogP contribution in [0.4, 0.5) is 0 Å². The fourth-order valence-corrected chi connectivity index (χ4v) is 4.01. The summed E-state index contributed by atoms with van der Waals surface area (Å²) in [7, 11) is 4.01. The zero-order valence-corrected chi connectivity index (χ0v) is 17.4. The van der Waals surface area contributed by atoms with Crippen molar-refractivity contribution in [2.24, 2.45) is 0 Å². The van der Waals surface area contributed by atoms with E-state index in [1.54, 1.807) is 23.1 Å². The van der Waals surface area contributed by atoms with E-state index in [-0.39, 0.29) is 17.1 Å². The molecule has 0 saturated carbocycles. The van der Waals surface area contributed by atoms with Crippen molar-refractivity contribution in [3.63, 3.8) is 0 Å². The van der Waals surface area contributed by atoms with Gasteiger partial charge in [-0.05, 0) is 56.9 Å². The molecule has 0 unspecified atom stereocenters. The highest BCUT2D eigenvalue weighted by Crippen LogP contribution is 2.38. The van der Waals surface area contributed by atoms with Gasteiger partial charge in [-0.1, -0.05) is 40.2 Å². The monoisotopic (exact) mass is 440 g/mol. The van der Waals surface area contributed by atoms with E-state index in [4.69, 9.17) is 4.42 Å². The molecule has 0 bridgehead atoms. The largest absolute Gasteiger partial charge is 0.450 e. The van der Waals surface area contributed by atoms with E-state index >= 15 is 0 Å². The highest BCUT2D eigenvalue weighted by atomic mass is 79.9. The molecule has 5 nitrogen and oxygen atoms in total. The Hall–Kier alpha value is -2.44. The molecule has 4 rings (SSSR count). The zero-order valence-electron chi connectivity index (χ0n) is 15.8. The Morgan fingerprint density at radius 3 is 2.50 bits per heavy atom. The van der Waals surface area contributed by atoms with Gasteiger partial charge in [-0.25, -0.2) is 0 Å². The molecule has 1 amide bonds. The number of halogens is 1. The fraction of sp³-hybridized carbons (Fsp3) is 0.273. The molecule has 2 aromatic carbocycles. The van der Waals surface area contributed by atoms with Crippen molar-refractivity contribution in [1.29, 1.82) is 0 Å². The predicted molar refractivity (Wildman–Crippen MR) is 113 cm³/mol. The minimum absolute atomic E-state index is 0.131. The molecule has 1 aliphatic heterocycles. The van der Waals surface area contributed by atoms with Gasteiger partial charge in [-0.15, -0.1) is 0 Å². The van der Waals surface area contributed by atoms with Crippen molar-refractivity contribution < 1.29 is 9.21 Å². The van der Waals surface area contributed by atoms with Crippen LogP contribution in [0.3, 0.4) is 0 Å². The van der Waals surface area contributed by atoms with E-state index in [1.807, 2.05) is 44.4 Å². The Morgan fingerprint density at radius 1 is 1.07 bits per heavy atom. The van der Waals surface area contributed by atoms with Crippen LogP contribution in [0.2, 0.25) is 0 Å². The minimum Gasteiger partial charge on any atom is -0.450 e. The van der Waals surface area contributed by atoms with Crippen LogP contribution < -0.4 is 5.43 Å². The lowest BCUT2D eigenvalue weighted by atomic mass is 9.98. The van der Waals surface area contributed by atoms with Crippen LogP contribution >= 0.6 is 15.9 Å². The lowest BCUT2D eigenvalue weighted by Gasteiger charge is -2.25. The lowest BCUT2D eigenvalue weighted by molar-refractivity contribution is 0.0722. The van der Waals surface area contributed by atoms with Gasteiger partial charge in [0.1, 0.15) is 5.58 Å². The molecule has 0 N–H and O–H groups in total. The summed E-state index contributed by atoms with van der Waals surface area (Å²) < 4.78 is 6.87. The van der Waals surface area contributed by atoms with Crippen LogP contribution in [0, 0.1) is 0 Å². The van der Waals surface area contributed by atoms with Crippen molar-refractivity contribution in [2.45, 2.75) is 12.5 Å². The van der Waals surface area contributed by atoms with Crippen molar-refractivity contribution in [2.75, 3.05) is 27.2 Å². The number of fused-ring (bicyclic) bond motifs is 2. The van der Waals surface area contributed by atoms with Crippen molar-refractivity contribution in [1.82, 2.24) is 9.80 Å². The predicted octanol–water partition coefficient (Wildman–Crippen LogP) is 4.05. The molecule has 0 fully saturated rings. The van der Waals surface area contributed by atoms with Crippen molar-refractivity contribution in [3.05, 3.63) is 80.1 Å². The highest BCUT2D eigenvalue weighted by Gasteiger charge is 2.42. The van der Waals surface area contributed by atoms with Gasteiger partial charge in [0.05, 0.1) is 17.0 Å². The van der Waals surface area contributed by atoms with Gasteiger partial charge in [0.15, 0.2) is 5.43 Å². The molecule has 28 heavy (non-hydrogen) atoms. The summed E-state index contributed by atoms with van der Waals surface area (Å²) in [6.07, 6.45) is 0.813. The Labute approximate surface area is 171 Å². The highest BCUT2D eigenvalue weighted by molar-refractivity contribution is 9.10. The second-order valence-corrected chi connectivity index (χ2v) is 8.20. The Kier molecular flexibility index (Phi) is 5.08. The van der Waals surface area contributed by atoms with Crippen LogP contribution in [-0.2, 0) is 0 Å². The normalized spacial score (nSPS) is 16.2. The molecule has 144 valence electrons. The van der Waals surface area contributed by atoms with Crippen LogP contribution in [0.5, 0.6) is 0 Å². The molecule has 0 saturated heterocycles. The third-order valence-corrected chi connectivity index (χ3v) is 5.59. The topological polar surface area (TPSA) is 53.8 Å². The fourth-order valence-electron chi connectivity index (χ4n) is 3.75. The maximum absolute atomic E-state index is 13.3. The van der Waals surface area contributed by atoms with E-state index in [9.17, 15) is 9.59 Å². The molecule has 1 atom stereocenters. The van der Waals surface area contributed by atoms with E-state index in [0.717, 1.165) is 23.0 Å². The maximum Gasteiger partial charge on any atom is 0.290 e. The summed E-state index contributed by atoms with van der Waals surface area (Å²) in [6.45, 7) is 1.41. The Morgan fingerprint density at radius 2 is 1.79 bits per heavy atom. The quantitative estimate of drug-likeness (QED) is 0.600. The molecule has 0 radical (unpaired) electrons. The van der Waals surface area contributed by atoms with Gasteiger partial charge in [-0.3, -0.25) is 9.59 Å². The van der Waals surface area contributed by atoms with E-state index in [1.165, 1.54) is 0 Å². The third kappa shape index (κ3) is 3.27. The lowest BCUT2D eigenvalue weighted by Crippen LogP contribution is -2.32. The molecule has 1 aliphatic rings. The number of nitrogens with zero attached hydrogens (tertiary/aromatic N) is 2. The number of amides is 1. The minimum atomic E-state index is -0.432. The molecular weight excluding hydrogens is 420 g/mol. The van der Waals surface area contributed by atoms with Crippen LogP contribution in [0.15, 0.2) is 62.2 Å².